The van der Waals surface area contributed by atoms with E-state index < -0.39 is 11.9 Å². The molecule has 2 aromatic rings. The fourth-order valence-electron chi connectivity index (χ4n) is 2.71. The number of nitrogens with zero attached hydrogens (tertiary/aromatic N) is 2. The van der Waals surface area contributed by atoms with Gasteiger partial charge in [0.2, 0.25) is 0 Å². The molecule has 1 aromatic carbocycles. The summed E-state index contributed by atoms with van der Waals surface area (Å²) in [4.78, 5) is 30.2. The van der Waals surface area contributed by atoms with Gasteiger partial charge in [-0.1, -0.05) is 12.1 Å². The van der Waals surface area contributed by atoms with E-state index in [0.717, 1.165) is 5.56 Å². The summed E-state index contributed by atoms with van der Waals surface area (Å²) < 4.78 is 14.0. The first-order chi connectivity index (χ1) is 10.5. The van der Waals surface area contributed by atoms with E-state index in [9.17, 15) is 14.0 Å². The minimum Gasteiger partial charge on any atom is -0.320 e. The number of amides is 1. The molecule has 0 radical (unpaired) electrons. The molecule has 1 aromatic heterocycles. The summed E-state index contributed by atoms with van der Waals surface area (Å²) in [6.07, 6.45) is 1.61. The second kappa shape index (κ2) is 5.61. The van der Waals surface area contributed by atoms with Crippen molar-refractivity contribution in [2.75, 3.05) is 0 Å². The molecule has 112 valence electrons. The Labute approximate surface area is 135 Å². The summed E-state index contributed by atoms with van der Waals surface area (Å²) in [6, 6.07) is 6.62. The number of hydrogen-bond acceptors (Lipinski definition) is 3. The number of carbonyl (C=O) groups excluding carboxylic acids is 2. The Balaban J connectivity index is 2.02. The molecule has 1 atom stereocenters. The first kappa shape index (κ1) is 14.8. The van der Waals surface area contributed by atoms with Gasteiger partial charge in [0, 0.05) is 23.9 Å². The summed E-state index contributed by atoms with van der Waals surface area (Å²) in [5, 5.41) is 0. The number of rotatable bonds is 3. The SMILES string of the molecule is CC(=O)C(c1cccc(F)c1)N1Cc2cnc(Br)cc2C1=O. The Morgan fingerprint density at radius 1 is 1.41 bits per heavy atom. The van der Waals surface area contributed by atoms with Crippen LogP contribution >= 0.6 is 15.9 Å². The second-order valence-electron chi connectivity index (χ2n) is 5.17. The van der Waals surface area contributed by atoms with Gasteiger partial charge < -0.3 is 4.90 Å². The van der Waals surface area contributed by atoms with Crippen LogP contribution in [0.4, 0.5) is 4.39 Å². The van der Waals surface area contributed by atoms with Crippen LogP contribution in [0.2, 0.25) is 0 Å². The first-order valence-electron chi connectivity index (χ1n) is 6.68. The molecule has 4 nitrogen and oxygen atoms in total. The quantitative estimate of drug-likeness (QED) is 0.787. The van der Waals surface area contributed by atoms with E-state index in [1.807, 2.05) is 0 Å². The summed E-state index contributed by atoms with van der Waals surface area (Å²) in [5.41, 5.74) is 1.75. The molecule has 0 bridgehead atoms. The van der Waals surface area contributed by atoms with Crippen LogP contribution in [0.3, 0.4) is 0 Å². The maximum Gasteiger partial charge on any atom is 0.255 e. The third kappa shape index (κ3) is 2.54. The van der Waals surface area contributed by atoms with Crippen LogP contribution in [0, 0.1) is 5.82 Å². The Morgan fingerprint density at radius 2 is 2.18 bits per heavy atom. The first-order valence-corrected chi connectivity index (χ1v) is 7.48. The molecule has 0 aliphatic carbocycles. The average Bonchev–Trinajstić information content (AvgIpc) is 2.76. The lowest BCUT2D eigenvalue weighted by Crippen LogP contribution is -2.33. The molecule has 6 heteroatoms. The third-order valence-electron chi connectivity index (χ3n) is 3.65. The standard InChI is InChI=1S/C16H12BrFN2O2/c1-9(21)15(10-3-2-4-12(18)5-10)20-8-11-7-19-14(17)6-13(11)16(20)22/h2-7,15H,8H2,1H3. The molecule has 0 fully saturated rings. The molecule has 1 aliphatic heterocycles. The van der Waals surface area contributed by atoms with Crippen molar-refractivity contribution in [2.24, 2.45) is 0 Å². The number of fused-ring (bicyclic) bond motifs is 1. The fourth-order valence-corrected chi connectivity index (χ4v) is 3.04. The molecule has 3 rings (SSSR count). The van der Waals surface area contributed by atoms with Gasteiger partial charge in [-0.2, -0.15) is 0 Å². The minimum absolute atomic E-state index is 0.209. The Morgan fingerprint density at radius 3 is 2.86 bits per heavy atom. The predicted octanol–water partition coefficient (Wildman–Crippen LogP) is 3.27. The maximum atomic E-state index is 13.5. The monoisotopic (exact) mass is 362 g/mol. The number of carbonyl (C=O) groups is 2. The van der Waals surface area contributed by atoms with Gasteiger partial charge in [-0.25, -0.2) is 9.37 Å². The topological polar surface area (TPSA) is 50.3 Å². The Bertz CT molecular complexity index is 778. The van der Waals surface area contributed by atoms with Crippen molar-refractivity contribution < 1.29 is 14.0 Å². The normalized spacial score (nSPS) is 14.9. The van der Waals surface area contributed by atoms with Crippen molar-refractivity contribution in [1.82, 2.24) is 9.88 Å². The Kier molecular flexibility index (Phi) is 3.78. The zero-order chi connectivity index (χ0) is 15.9. The van der Waals surface area contributed by atoms with Crippen molar-refractivity contribution >= 4 is 27.6 Å². The highest BCUT2D eigenvalue weighted by molar-refractivity contribution is 9.10. The van der Waals surface area contributed by atoms with Crippen LogP contribution in [-0.2, 0) is 11.3 Å². The van der Waals surface area contributed by atoms with Gasteiger partial charge in [-0.05, 0) is 46.6 Å². The second-order valence-corrected chi connectivity index (χ2v) is 5.98. The fraction of sp³-hybridized carbons (Fsp3) is 0.188. The highest BCUT2D eigenvalue weighted by atomic mass is 79.9. The predicted molar refractivity (Wildman–Crippen MR) is 81.6 cm³/mol. The summed E-state index contributed by atoms with van der Waals surface area (Å²) in [7, 11) is 0. The van der Waals surface area contributed by atoms with E-state index in [-0.39, 0.29) is 18.2 Å². The van der Waals surface area contributed by atoms with Crippen molar-refractivity contribution in [3.8, 4) is 0 Å². The van der Waals surface area contributed by atoms with Gasteiger partial charge in [0.05, 0.1) is 0 Å². The molecule has 1 amide bonds. The van der Waals surface area contributed by atoms with Gasteiger partial charge in [-0.15, -0.1) is 0 Å². The van der Waals surface area contributed by atoms with Gasteiger partial charge in [0.25, 0.3) is 5.91 Å². The Hall–Kier alpha value is -2.08. The molecule has 1 aliphatic rings. The molecule has 0 N–H and O–H groups in total. The van der Waals surface area contributed by atoms with E-state index in [1.54, 1.807) is 18.3 Å². The zero-order valence-corrected chi connectivity index (χ0v) is 13.3. The number of ketones is 1. The number of hydrogen-bond donors (Lipinski definition) is 0. The third-order valence-corrected chi connectivity index (χ3v) is 4.08. The lowest BCUT2D eigenvalue weighted by atomic mass is 10.0. The van der Waals surface area contributed by atoms with Crippen LogP contribution in [0.25, 0.3) is 0 Å². The van der Waals surface area contributed by atoms with E-state index in [0.29, 0.717) is 15.7 Å². The average molecular weight is 363 g/mol. The smallest absolute Gasteiger partial charge is 0.255 e. The van der Waals surface area contributed by atoms with Crippen molar-refractivity contribution in [1.29, 1.82) is 0 Å². The van der Waals surface area contributed by atoms with Crippen molar-refractivity contribution in [3.05, 3.63) is 63.6 Å². The van der Waals surface area contributed by atoms with Crippen LogP contribution in [-0.4, -0.2) is 21.6 Å². The molecule has 22 heavy (non-hydrogen) atoms. The lowest BCUT2D eigenvalue weighted by molar-refractivity contribution is -0.121. The lowest BCUT2D eigenvalue weighted by Gasteiger charge is -2.26. The summed E-state index contributed by atoms with van der Waals surface area (Å²) >= 11 is 3.23. The molecular formula is C16H12BrFN2O2. The number of pyridine rings is 1. The molecule has 2 heterocycles. The van der Waals surface area contributed by atoms with E-state index in [1.165, 1.54) is 30.0 Å². The molecular weight excluding hydrogens is 351 g/mol. The summed E-state index contributed by atoms with van der Waals surface area (Å²) in [5.74, 6) is -0.890. The zero-order valence-electron chi connectivity index (χ0n) is 11.7. The van der Waals surface area contributed by atoms with E-state index in [2.05, 4.69) is 20.9 Å². The van der Waals surface area contributed by atoms with Crippen molar-refractivity contribution in [2.45, 2.75) is 19.5 Å². The maximum absolute atomic E-state index is 13.5. The number of halogens is 2. The van der Waals surface area contributed by atoms with E-state index >= 15 is 0 Å². The molecule has 0 spiro atoms. The van der Waals surface area contributed by atoms with Crippen LogP contribution in [0.5, 0.6) is 0 Å². The van der Waals surface area contributed by atoms with Gasteiger partial charge >= 0.3 is 0 Å². The molecule has 1 unspecified atom stereocenters. The van der Waals surface area contributed by atoms with Gasteiger partial charge in [-0.3, -0.25) is 9.59 Å². The minimum atomic E-state index is -0.797. The van der Waals surface area contributed by atoms with Gasteiger partial charge in [0.15, 0.2) is 5.78 Å². The van der Waals surface area contributed by atoms with Crippen LogP contribution in [0.1, 0.15) is 34.5 Å². The summed E-state index contributed by atoms with van der Waals surface area (Å²) in [6.45, 7) is 1.69. The van der Waals surface area contributed by atoms with Crippen LogP contribution in [0.15, 0.2) is 41.1 Å². The number of aromatic nitrogens is 1. The molecule has 0 saturated heterocycles. The highest BCUT2D eigenvalue weighted by Crippen LogP contribution is 2.32. The largest absolute Gasteiger partial charge is 0.320 e. The number of benzene rings is 1. The number of Topliss-reactive ketones (excluding diaryl/α,β-unsaturated/α-hetero) is 1. The highest BCUT2D eigenvalue weighted by Gasteiger charge is 2.36. The van der Waals surface area contributed by atoms with Crippen molar-refractivity contribution in [3.63, 3.8) is 0 Å². The van der Waals surface area contributed by atoms with Crippen LogP contribution < -0.4 is 0 Å². The van der Waals surface area contributed by atoms with E-state index in [4.69, 9.17) is 0 Å². The molecule has 0 saturated carbocycles. The van der Waals surface area contributed by atoms with Gasteiger partial charge in [0.1, 0.15) is 16.5 Å².